The lowest BCUT2D eigenvalue weighted by atomic mass is 10.1. The van der Waals surface area contributed by atoms with Crippen molar-refractivity contribution in [1.82, 2.24) is 10.2 Å². The topological polar surface area (TPSA) is 74.0 Å². The van der Waals surface area contributed by atoms with Crippen LogP contribution in [-0.4, -0.2) is 49.0 Å². The van der Waals surface area contributed by atoms with Crippen molar-refractivity contribution in [2.24, 2.45) is 10.7 Å². The molecule has 160 valence electrons. The monoisotopic (exact) mass is 411 g/mol. The number of nitrogens with two attached hydrogens (primary N) is 1. The molecular weight excluding hydrogens is 381 g/mol. The molecule has 1 aliphatic heterocycles. The molecule has 1 unspecified atom stereocenters. The molecule has 0 aromatic heterocycles. The van der Waals surface area contributed by atoms with Crippen molar-refractivity contribution >= 4 is 17.6 Å². The minimum absolute atomic E-state index is 0.0694. The van der Waals surface area contributed by atoms with E-state index in [1.807, 2.05) is 38.1 Å². The van der Waals surface area contributed by atoms with Crippen LogP contribution in [-0.2, 0) is 6.54 Å². The number of amides is 1. The van der Waals surface area contributed by atoms with E-state index in [9.17, 15) is 9.18 Å². The van der Waals surface area contributed by atoms with E-state index in [-0.39, 0.29) is 17.8 Å². The zero-order valence-electron chi connectivity index (χ0n) is 17.6. The number of guanidine groups is 1. The number of nitrogens with one attached hydrogen (secondary N) is 1. The van der Waals surface area contributed by atoms with Crippen molar-refractivity contribution in [1.29, 1.82) is 0 Å². The standard InChI is InChI=1S/C23H30FN5O/c1-3-17(2)27-22(30)19-6-4-5-18(15-19)16-26-23(25)29-13-11-28(12-14-29)21-9-7-20(24)8-10-21/h4-10,15,17H,3,11-14,16H2,1-2H3,(H2,25,26)(H,27,30). The van der Waals surface area contributed by atoms with E-state index in [0.717, 1.165) is 43.9 Å². The molecule has 0 bridgehead atoms. The summed E-state index contributed by atoms with van der Waals surface area (Å²) >= 11 is 0. The number of aliphatic imine (C=N–C) groups is 1. The van der Waals surface area contributed by atoms with E-state index < -0.39 is 0 Å². The first-order valence-electron chi connectivity index (χ1n) is 10.4. The Labute approximate surface area is 177 Å². The molecule has 7 heteroatoms. The van der Waals surface area contributed by atoms with Crippen LogP contribution >= 0.6 is 0 Å². The number of rotatable bonds is 6. The Morgan fingerprint density at radius 2 is 1.87 bits per heavy atom. The second-order valence-corrected chi connectivity index (χ2v) is 7.61. The molecule has 30 heavy (non-hydrogen) atoms. The molecule has 6 nitrogen and oxygen atoms in total. The van der Waals surface area contributed by atoms with Crippen LogP contribution in [0.25, 0.3) is 0 Å². The van der Waals surface area contributed by atoms with Gasteiger partial charge in [-0.15, -0.1) is 0 Å². The molecule has 3 rings (SSSR count). The SMILES string of the molecule is CCC(C)NC(=O)c1cccc(CN=C(N)N2CCN(c3ccc(F)cc3)CC2)c1. The van der Waals surface area contributed by atoms with E-state index in [2.05, 4.69) is 20.1 Å². The fourth-order valence-electron chi connectivity index (χ4n) is 3.34. The van der Waals surface area contributed by atoms with Gasteiger partial charge in [-0.05, 0) is 55.3 Å². The molecule has 0 spiro atoms. The summed E-state index contributed by atoms with van der Waals surface area (Å²) in [4.78, 5) is 21.1. The number of halogens is 1. The summed E-state index contributed by atoms with van der Waals surface area (Å²) in [5, 5.41) is 2.98. The molecule has 0 radical (unpaired) electrons. The molecule has 0 aliphatic carbocycles. The highest BCUT2D eigenvalue weighted by Gasteiger charge is 2.18. The van der Waals surface area contributed by atoms with Crippen molar-refractivity contribution in [3.63, 3.8) is 0 Å². The summed E-state index contributed by atoms with van der Waals surface area (Å²) < 4.78 is 13.1. The second kappa shape index (κ2) is 10.1. The van der Waals surface area contributed by atoms with Gasteiger partial charge in [0, 0.05) is 43.5 Å². The maximum Gasteiger partial charge on any atom is 0.251 e. The molecule has 1 saturated heterocycles. The van der Waals surface area contributed by atoms with E-state index in [1.165, 1.54) is 12.1 Å². The lowest BCUT2D eigenvalue weighted by Crippen LogP contribution is -2.51. The molecular formula is C23H30FN5O. The number of anilines is 1. The van der Waals surface area contributed by atoms with Gasteiger partial charge in [0.2, 0.25) is 0 Å². The van der Waals surface area contributed by atoms with E-state index in [4.69, 9.17) is 5.73 Å². The zero-order chi connectivity index (χ0) is 21.5. The third kappa shape index (κ3) is 5.72. The van der Waals surface area contributed by atoms with Gasteiger partial charge in [0.1, 0.15) is 5.82 Å². The first-order chi connectivity index (χ1) is 14.5. The molecule has 1 amide bonds. The lowest BCUT2D eigenvalue weighted by Gasteiger charge is -2.36. The van der Waals surface area contributed by atoms with Crippen LogP contribution in [0, 0.1) is 5.82 Å². The Kier molecular flexibility index (Phi) is 7.27. The Hall–Kier alpha value is -3.09. The van der Waals surface area contributed by atoms with Gasteiger partial charge in [0.05, 0.1) is 6.54 Å². The summed E-state index contributed by atoms with van der Waals surface area (Å²) in [7, 11) is 0. The molecule has 2 aromatic rings. The lowest BCUT2D eigenvalue weighted by molar-refractivity contribution is 0.0939. The third-order valence-electron chi connectivity index (χ3n) is 5.40. The minimum Gasteiger partial charge on any atom is -0.370 e. The van der Waals surface area contributed by atoms with Gasteiger partial charge < -0.3 is 20.9 Å². The number of hydrogen-bond acceptors (Lipinski definition) is 3. The number of piperazine rings is 1. The van der Waals surface area contributed by atoms with E-state index >= 15 is 0 Å². The summed E-state index contributed by atoms with van der Waals surface area (Å²) in [6.45, 7) is 7.56. The van der Waals surface area contributed by atoms with Crippen LogP contribution in [0.4, 0.5) is 10.1 Å². The van der Waals surface area contributed by atoms with E-state index in [1.54, 1.807) is 12.1 Å². The van der Waals surface area contributed by atoms with Gasteiger partial charge in [-0.3, -0.25) is 4.79 Å². The highest BCUT2D eigenvalue weighted by atomic mass is 19.1. The maximum absolute atomic E-state index is 13.1. The maximum atomic E-state index is 13.1. The molecule has 1 heterocycles. The van der Waals surface area contributed by atoms with Crippen molar-refractivity contribution in [3.8, 4) is 0 Å². The number of carbonyl (C=O) groups is 1. The molecule has 2 aromatic carbocycles. The predicted molar refractivity (Wildman–Crippen MR) is 119 cm³/mol. The number of nitrogens with zero attached hydrogens (tertiary/aromatic N) is 3. The highest BCUT2D eigenvalue weighted by molar-refractivity contribution is 5.94. The minimum atomic E-state index is -0.227. The summed E-state index contributed by atoms with van der Waals surface area (Å²) in [5.74, 6) is 0.207. The normalized spacial score (nSPS) is 15.8. The predicted octanol–water partition coefficient (Wildman–Crippen LogP) is 2.99. The Morgan fingerprint density at radius 3 is 2.53 bits per heavy atom. The molecule has 3 N–H and O–H groups in total. The van der Waals surface area contributed by atoms with Gasteiger partial charge in [-0.2, -0.15) is 0 Å². The van der Waals surface area contributed by atoms with Crippen LogP contribution in [0.1, 0.15) is 36.2 Å². The third-order valence-corrected chi connectivity index (χ3v) is 5.40. The van der Waals surface area contributed by atoms with Crippen molar-refractivity contribution in [3.05, 3.63) is 65.5 Å². The van der Waals surface area contributed by atoms with Crippen molar-refractivity contribution in [2.45, 2.75) is 32.9 Å². The summed E-state index contributed by atoms with van der Waals surface area (Å²) in [5.41, 5.74) is 8.80. The van der Waals surface area contributed by atoms with Gasteiger partial charge in [0.25, 0.3) is 5.91 Å². The number of benzene rings is 2. The Morgan fingerprint density at radius 1 is 1.17 bits per heavy atom. The largest absolute Gasteiger partial charge is 0.370 e. The van der Waals surface area contributed by atoms with Gasteiger partial charge in [-0.25, -0.2) is 9.38 Å². The van der Waals surface area contributed by atoms with Crippen LogP contribution in [0.2, 0.25) is 0 Å². The summed E-state index contributed by atoms with van der Waals surface area (Å²) in [6, 6.07) is 14.2. The fraction of sp³-hybridized carbons (Fsp3) is 0.391. The first kappa shape index (κ1) is 21.6. The first-order valence-corrected chi connectivity index (χ1v) is 10.4. The molecule has 0 saturated carbocycles. The van der Waals surface area contributed by atoms with Crippen molar-refractivity contribution < 1.29 is 9.18 Å². The zero-order valence-corrected chi connectivity index (χ0v) is 17.6. The Bertz CT molecular complexity index is 875. The smallest absolute Gasteiger partial charge is 0.251 e. The second-order valence-electron chi connectivity index (χ2n) is 7.61. The van der Waals surface area contributed by atoms with Crippen LogP contribution in [0.3, 0.4) is 0 Å². The average molecular weight is 412 g/mol. The van der Waals surface area contributed by atoms with Gasteiger partial charge in [-0.1, -0.05) is 19.1 Å². The van der Waals surface area contributed by atoms with Crippen LogP contribution in [0.15, 0.2) is 53.5 Å². The molecule has 1 fully saturated rings. The van der Waals surface area contributed by atoms with Gasteiger partial charge >= 0.3 is 0 Å². The quantitative estimate of drug-likeness (QED) is 0.566. The number of hydrogen-bond donors (Lipinski definition) is 2. The number of carbonyl (C=O) groups excluding carboxylic acids is 1. The Balaban J connectivity index is 1.55. The molecule has 1 aliphatic rings. The van der Waals surface area contributed by atoms with Crippen LogP contribution < -0.4 is 16.0 Å². The van der Waals surface area contributed by atoms with E-state index in [0.29, 0.717) is 18.1 Å². The van der Waals surface area contributed by atoms with Crippen LogP contribution in [0.5, 0.6) is 0 Å². The summed E-state index contributed by atoms with van der Waals surface area (Å²) in [6.07, 6.45) is 0.890. The van der Waals surface area contributed by atoms with Crippen molar-refractivity contribution in [2.75, 3.05) is 31.1 Å². The van der Waals surface area contributed by atoms with Gasteiger partial charge in [0.15, 0.2) is 5.96 Å². The average Bonchev–Trinajstić information content (AvgIpc) is 2.78. The highest BCUT2D eigenvalue weighted by Crippen LogP contribution is 2.17. The molecule has 1 atom stereocenters. The fourth-order valence-corrected chi connectivity index (χ4v) is 3.34.